The molecule has 6 nitrogen and oxygen atoms in total. The van der Waals surface area contributed by atoms with Crippen LogP contribution in [0.3, 0.4) is 0 Å². The minimum absolute atomic E-state index is 0.0817. The first-order valence-electron chi connectivity index (χ1n) is 9.62. The fourth-order valence-corrected chi connectivity index (χ4v) is 4.03. The Hall–Kier alpha value is -3.45. The number of para-hydroxylation sites is 2. The van der Waals surface area contributed by atoms with E-state index < -0.39 is 0 Å². The summed E-state index contributed by atoms with van der Waals surface area (Å²) >= 11 is 1.42. The molecule has 7 heteroatoms. The number of anilines is 1. The van der Waals surface area contributed by atoms with Crippen molar-refractivity contribution in [3.63, 3.8) is 0 Å². The molecule has 0 saturated heterocycles. The molecule has 4 rings (SSSR count). The fourth-order valence-electron chi connectivity index (χ4n) is 3.14. The van der Waals surface area contributed by atoms with Gasteiger partial charge in [0.05, 0.1) is 11.4 Å². The van der Waals surface area contributed by atoms with Gasteiger partial charge in [0.1, 0.15) is 12.4 Å². The molecule has 30 heavy (non-hydrogen) atoms. The van der Waals surface area contributed by atoms with E-state index in [9.17, 15) is 9.59 Å². The number of ether oxygens (including phenoxy) is 1. The van der Waals surface area contributed by atoms with Crippen LogP contribution in [0.5, 0.6) is 5.75 Å². The Bertz CT molecular complexity index is 1230. The maximum absolute atomic E-state index is 12.4. The summed E-state index contributed by atoms with van der Waals surface area (Å²) in [6.07, 6.45) is 1.05. The first kappa shape index (κ1) is 19.8. The van der Waals surface area contributed by atoms with Gasteiger partial charge in [-0.2, -0.15) is 0 Å². The Morgan fingerprint density at radius 2 is 1.90 bits per heavy atom. The molecule has 0 fully saturated rings. The smallest absolute Gasteiger partial charge is 0.259 e. The molecule has 0 unspecified atom stereocenters. The molecule has 0 aliphatic rings. The van der Waals surface area contributed by atoms with E-state index in [0.717, 1.165) is 11.3 Å². The molecule has 4 aromatic rings. The average molecular weight is 420 g/mol. The number of hydrogen-bond donors (Lipinski definition) is 1. The van der Waals surface area contributed by atoms with Crippen LogP contribution in [-0.4, -0.2) is 15.3 Å². The minimum atomic E-state index is -0.125. The average Bonchev–Trinajstić information content (AvgIpc) is 3.13. The van der Waals surface area contributed by atoms with Crippen LogP contribution in [-0.2, 0) is 17.8 Å². The summed E-state index contributed by atoms with van der Waals surface area (Å²) in [5.74, 6) is 0.455. The van der Waals surface area contributed by atoms with Gasteiger partial charge in [0.15, 0.2) is 4.96 Å². The van der Waals surface area contributed by atoms with E-state index >= 15 is 0 Å². The number of hydrogen-bond acceptors (Lipinski definition) is 5. The Morgan fingerprint density at radius 1 is 1.13 bits per heavy atom. The highest BCUT2D eigenvalue weighted by atomic mass is 32.1. The highest BCUT2D eigenvalue weighted by Crippen LogP contribution is 2.25. The van der Waals surface area contributed by atoms with Crippen molar-refractivity contribution in [1.82, 2.24) is 9.38 Å². The van der Waals surface area contributed by atoms with Gasteiger partial charge in [0.2, 0.25) is 5.91 Å². The van der Waals surface area contributed by atoms with Gasteiger partial charge in [-0.15, -0.1) is 11.3 Å². The van der Waals surface area contributed by atoms with Gasteiger partial charge in [-0.25, -0.2) is 4.98 Å². The predicted octanol–water partition coefficient (Wildman–Crippen LogP) is 4.21. The van der Waals surface area contributed by atoms with E-state index in [1.54, 1.807) is 16.5 Å². The number of benzene rings is 2. The van der Waals surface area contributed by atoms with Crippen LogP contribution in [0.4, 0.5) is 5.69 Å². The van der Waals surface area contributed by atoms with Gasteiger partial charge >= 0.3 is 0 Å². The third kappa shape index (κ3) is 4.58. The Morgan fingerprint density at radius 3 is 2.73 bits per heavy atom. The Balaban J connectivity index is 1.42. The standard InChI is InChI=1S/C23H21N3O3S/c1-16-15-30-23-24-18(13-22(28)26(16)23)14-29-20-10-6-5-9-19(20)25-21(27)12-11-17-7-3-2-4-8-17/h2-10,13,15H,11-12,14H2,1H3,(H,25,27). The van der Waals surface area contributed by atoms with Crippen LogP contribution in [0.25, 0.3) is 4.96 Å². The summed E-state index contributed by atoms with van der Waals surface area (Å²) < 4.78 is 7.46. The van der Waals surface area contributed by atoms with E-state index in [0.29, 0.717) is 34.9 Å². The first-order valence-corrected chi connectivity index (χ1v) is 10.5. The highest BCUT2D eigenvalue weighted by molar-refractivity contribution is 7.15. The van der Waals surface area contributed by atoms with Crippen LogP contribution < -0.4 is 15.6 Å². The van der Waals surface area contributed by atoms with Crippen LogP contribution in [0.2, 0.25) is 0 Å². The molecule has 0 saturated carbocycles. The zero-order chi connectivity index (χ0) is 20.9. The maximum Gasteiger partial charge on any atom is 0.259 e. The maximum atomic E-state index is 12.4. The molecular formula is C23H21N3O3S. The van der Waals surface area contributed by atoms with Crippen LogP contribution in [0, 0.1) is 6.92 Å². The van der Waals surface area contributed by atoms with E-state index in [-0.39, 0.29) is 18.1 Å². The molecule has 1 N–H and O–H groups in total. The molecule has 2 aromatic carbocycles. The first-order chi connectivity index (χ1) is 14.6. The monoisotopic (exact) mass is 419 g/mol. The minimum Gasteiger partial charge on any atom is -0.485 e. The lowest BCUT2D eigenvalue weighted by atomic mass is 10.1. The lowest BCUT2D eigenvalue weighted by Crippen LogP contribution is -2.16. The molecule has 0 atom stereocenters. The zero-order valence-corrected chi connectivity index (χ0v) is 17.3. The second-order valence-electron chi connectivity index (χ2n) is 6.90. The third-order valence-electron chi connectivity index (χ3n) is 4.65. The van der Waals surface area contributed by atoms with Crippen molar-refractivity contribution in [3.8, 4) is 5.75 Å². The van der Waals surface area contributed by atoms with Crippen molar-refractivity contribution in [3.05, 3.63) is 93.3 Å². The highest BCUT2D eigenvalue weighted by Gasteiger charge is 2.10. The van der Waals surface area contributed by atoms with E-state index in [4.69, 9.17) is 4.74 Å². The molecule has 2 heterocycles. The number of fused-ring (bicyclic) bond motifs is 1. The summed E-state index contributed by atoms with van der Waals surface area (Å²) in [6.45, 7) is 2.01. The van der Waals surface area contributed by atoms with Gasteiger partial charge in [0, 0.05) is 23.6 Å². The number of amides is 1. The summed E-state index contributed by atoms with van der Waals surface area (Å²) in [5.41, 5.74) is 3.00. The van der Waals surface area contributed by atoms with E-state index in [1.807, 2.05) is 54.8 Å². The van der Waals surface area contributed by atoms with Crippen LogP contribution in [0.15, 0.2) is 70.8 Å². The van der Waals surface area contributed by atoms with Gasteiger partial charge in [-0.1, -0.05) is 42.5 Å². The molecule has 0 bridgehead atoms. The molecule has 1 amide bonds. The Kier molecular flexibility index (Phi) is 5.90. The zero-order valence-electron chi connectivity index (χ0n) is 16.5. The van der Waals surface area contributed by atoms with Gasteiger partial charge in [-0.05, 0) is 31.0 Å². The number of carbonyl (C=O) groups is 1. The number of nitrogens with zero attached hydrogens (tertiary/aromatic N) is 2. The van der Waals surface area contributed by atoms with Gasteiger partial charge in [-0.3, -0.25) is 14.0 Å². The number of nitrogens with one attached hydrogen (secondary N) is 1. The second kappa shape index (κ2) is 8.92. The molecular weight excluding hydrogens is 398 g/mol. The number of carbonyl (C=O) groups excluding carboxylic acids is 1. The molecule has 0 aliphatic carbocycles. The SMILES string of the molecule is Cc1csc2nc(COc3ccccc3NC(=O)CCc3ccccc3)cc(=O)n12. The van der Waals surface area contributed by atoms with E-state index in [2.05, 4.69) is 10.3 Å². The number of aryl methyl sites for hydroxylation is 2. The second-order valence-corrected chi connectivity index (χ2v) is 7.74. The lowest BCUT2D eigenvalue weighted by Gasteiger charge is -2.12. The summed E-state index contributed by atoms with van der Waals surface area (Å²) in [6, 6.07) is 18.6. The third-order valence-corrected chi connectivity index (χ3v) is 5.59. The van der Waals surface area contributed by atoms with Crippen molar-refractivity contribution in [2.24, 2.45) is 0 Å². The van der Waals surface area contributed by atoms with Crippen LogP contribution >= 0.6 is 11.3 Å². The van der Waals surface area contributed by atoms with Crippen molar-refractivity contribution < 1.29 is 9.53 Å². The lowest BCUT2D eigenvalue weighted by molar-refractivity contribution is -0.116. The quantitative estimate of drug-likeness (QED) is 0.487. The van der Waals surface area contributed by atoms with Crippen molar-refractivity contribution in [2.45, 2.75) is 26.4 Å². The van der Waals surface area contributed by atoms with Crippen molar-refractivity contribution in [2.75, 3.05) is 5.32 Å². The van der Waals surface area contributed by atoms with Crippen LogP contribution in [0.1, 0.15) is 23.4 Å². The van der Waals surface area contributed by atoms with Crippen molar-refractivity contribution in [1.29, 1.82) is 0 Å². The van der Waals surface area contributed by atoms with Gasteiger partial charge < -0.3 is 10.1 Å². The normalized spacial score (nSPS) is 10.8. The topological polar surface area (TPSA) is 72.7 Å². The largest absolute Gasteiger partial charge is 0.485 e. The number of rotatable bonds is 7. The Labute approximate surface area is 177 Å². The number of thiazole rings is 1. The van der Waals surface area contributed by atoms with Crippen molar-refractivity contribution >= 4 is 27.9 Å². The summed E-state index contributed by atoms with van der Waals surface area (Å²) in [5, 5.41) is 4.81. The molecule has 152 valence electrons. The molecule has 0 aliphatic heterocycles. The van der Waals surface area contributed by atoms with E-state index in [1.165, 1.54) is 17.4 Å². The molecule has 0 radical (unpaired) electrons. The summed E-state index contributed by atoms with van der Waals surface area (Å²) in [7, 11) is 0. The fraction of sp³-hybridized carbons (Fsp3) is 0.174. The molecule has 2 aromatic heterocycles. The summed E-state index contributed by atoms with van der Waals surface area (Å²) in [4.78, 5) is 29.8. The van der Waals surface area contributed by atoms with Gasteiger partial charge in [0.25, 0.3) is 5.56 Å². The molecule has 0 spiro atoms. The predicted molar refractivity (Wildman–Crippen MR) is 118 cm³/mol. The number of aromatic nitrogens is 2.